The minimum Gasteiger partial charge on any atom is -0.444 e. The number of benzene rings is 2. The van der Waals surface area contributed by atoms with Crippen LogP contribution in [0, 0.1) is 0 Å². The van der Waals surface area contributed by atoms with Crippen molar-refractivity contribution in [2.24, 2.45) is 10.7 Å². The molecule has 144 valence electrons. The highest BCUT2D eigenvalue weighted by Crippen LogP contribution is 2.19. The molecule has 2 rings (SSSR count). The predicted molar refractivity (Wildman–Crippen MR) is 108 cm³/mol. The average molecular weight is 369 g/mol. The third-order valence-corrected chi connectivity index (χ3v) is 3.96. The van der Waals surface area contributed by atoms with Gasteiger partial charge in [-0.15, -0.1) is 0 Å². The molecule has 6 heteroatoms. The number of carbonyl (C=O) groups excluding carboxylic acids is 2. The lowest BCUT2D eigenvalue weighted by Gasteiger charge is -2.29. The first-order chi connectivity index (χ1) is 12.6. The fourth-order valence-corrected chi connectivity index (χ4v) is 2.69. The van der Waals surface area contributed by atoms with Gasteiger partial charge in [0.15, 0.2) is 0 Å². The van der Waals surface area contributed by atoms with Crippen molar-refractivity contribution in [1.29, 1.82) is 0 Å². The SMILES string of the molecule is CC(N)=NC(=O)[C@@H](Cc1ccc2ccccc2c1)N(C)C(=O)OC(C)(C)C. The van der Waals surface area contributed by atoms with Crippen LogP contribution in [-0.2, 0) is 16.0 Å². The van der Waals surface area contributed by atoms with Gasteiger partial charge in [-0.05, 0) is 44.0 Å². The molecule has 0 radical (unpaired) electrons. The quantitative estimate of drug-likeness (QED) is 0.660. The van der Waals surface area contributed by atoms with Gasteiger partial charge in [0.2, 0.25) is 0 Å². The van der Waals surface area contributed by atoms with E-state index in [1.54, 1.807) is 34.7 Å². The molecule has 0 spiro atoms. The summed E-state index contributed by atoms with van der Waals surface area (Å²) in [5.41, 5.74) is 5.84. The van der Waals surface area contributed by atoms with Gasteiger partial charge in [0.1, 0.15) is 11.6 Å². The van der Waals surface area contributed by atoms with Gasteiger partial charge in [0.05, 0.1) is 5.84 Å². The number of likely N-dealkylation sites (N-methyl/N-ethyl adjacent to an activating group) is 1. The molecule has 6 nitrogen and oxygen atoms in total. The van der Waals surface area contributed by atoms with Gasteiger partial charge in [-0.1, -0.05) is 42.5 Å². The maximum absolute atomic E-state index is 12.6. The van der Waals surface area contributed by atoms with Crippen LogP contribution in [0.2, 0.25) is 0 Å². The first kappa shape index (κ1) is 20.4. The lowest BCUT2D eigenvalue weighted by molar-refractivity contribution is -0.122. The zero-order chi connectivity index (χ0) is 20.2. The van der Waals surface area contributed by atoms with Crippen LogP contribution in [0.1, 0.15) is 33.3 Å². The lowest BCUT2D eigenvalue weighted by atomic mass is 10.0. The molecule has 2 N–H and O–H groups in total. The highest BCUT2D eigenvalue weighted by molar-refractivity contribution is 5.96. The van der Waals surface area contributed by atoms with Crippen molar-refractivity contribution < 1.29 is 14.3 Å². The number of ether oxygens (including phenoxy) is 1. The fourth-order valence-electron chi connectivity index (χ4n) is 2.69. The topological polar surface area (TPSA) is 85.0 Å². The number of nitrogens with two attached hydrogens (primary N) is 1. The minimum absolute atomic E-state index is 0.154. The molecular weight excluding hydrogens is 342 g/mol. The summed E-state index contributed by atoms with van der Waals surface area (Å²) in [5.74, 6) is -0.322. The van der Waals surface area contributed by atoms with Crippen LogP contribution in [0.5, 0.6) is 0 Å². The third kappa shape index (κ3) is 5.81. The van der Waals surface area contributed by atoms with Gasteiger partial charge in [-0.3, -0.25) is 9.69 Å². The molecule has 0 aromatic heterocycles. The summed E-state index contributed by atoms with van der Waals surface area (Å²) in [5, 5.41) is 2.18. The van der Waals surface area contributed by atoms with E-state index in [4.69, 9.17) is 10.5 Å². The molecule has 0 saturated carbocycles. The smallest absolute Gasteiger partial charge is 0.410 e. The first-order valence-electron chi connectivity index (χ1n) is 8.85. The summed E-state index contributed by atoms with van der Waals surface area (Å²) >= 11 is 0. The minimum atomic E-state index is -0.806. The molecule has 27 heavy (non-hydrogen) atoms. The van der Waals surface area contributed by atoms with E-state index in [1.165, 1.54) is 4.90 Å². The Bertz CT molecular complexity index is 864. The second kappa shape index (κ2) is 8.20. The molecule has 0 saturated heterocycles. The standard InChI is InChI=1S/C21H27N3O3/c1-14(22)23-19(25)18(24(5)20(26)27-21(2,3)4)13-15-10-11-16-8-6-7-9-17(16)12-15/h6-12,18H,13H2,1-5H3,(H2,22,23,25)/t18-/m1/s1. The van der Waals surface area contributed by atoms with Crippen LogP contribution in [0.3, 0.4) is 0 Å². The maximum Gasteiger partial charge on any atom is 0.410 e. The lowest BCUT2D eigenvalue weighted by Crippen LogP contribution is -2.45. The number of hydrogen-bond donors (Lipinski definition) is 1. The van der Waals surface area contributed by atoms with Crippen molar-refractivity contribution in [3.8, 4) is 0 Å². The van der Waals surface area contributed by atoms with Gasteiger partial charge in [-0.2, -0.15) is 4.99 Å². The molecule has 1 atom stereocenters. The average Bonchev–Trinajstić information content (AvgIpc) is 2.56. The fraction of sp³-hybridized carbons (Fsp3) is 0.381. The van der Waals surface area contributed by atoms with E-state index >= 15 is 0 Å². The van der Waals surface area contributed by atoms with E-state index in [9.17, 15) is 9.59 Å². The molecule has 0 heterocycles. The zero-order valence-corrected chi connectivity index (χ0v) is 16.5. The number of nitrogens with zero attached hydrogens (tertiary/aromatic N) is 2. The second-order valence-corrected chi connectivity index (χ2v) is 7.58. The molecule has 2 aromatic carbocycles. The van der Waals surface area contributed by atoms with Crippen molar-refractivity contribution >= 4 is 28.6 Å². The normalized spacial score (nSPS) is 13.3. The van der Waals surface area contributed by atoms with E-state index < -0.39 is 23.6 Å². The Labute approximate surface area is 160 Å². The van der Waals surface area contributed by atoms with Gasteiger partial charge >= 0.3 is 6.09 Å². The van der Waals surface area contributed by atoms with Crippen molar-refractivity contribution in [1.82, 2.24) is 4.90 Å². The van der Waals surface area contributed by atoms with Crippen molar-refractivity contribution in [2.45, 2.75) is 45.8 Å². The number of fused-ring (bicyclic) bond motifs is 1. The Kier molecular flexibility index (Phi) is 6.20. The zero-order valence-electron chi connectivity index (χ0n) is 16.5. The highest BCUT2D eigenvalue weighted by Gasteiger charge is 2.30. The molecule has 0 aliphatic heterocycles. The van der Waals surface area contributed by atoms with E-state index in [2.05, 4.69) is 4.99 Å². The highest BCUT2D eigenvalue weighted by atomic mass is 16.6. The molecule has 0 unspecified atom stereocenters. The van der Waals surface area contributed by atoms with Gasteiger partial charge in [-0.25, -0.2) is 4.79 Å². The van der Waals surface area contributed by atoms with Crippen molar-refractivity contribution in [3.63, 3.8) is 0 Å². The molecule has 0 aliphatic carbocycles. The number of rotatable bonds is 4. The van der Waals surface area contributed by atoms with Crippen molar-refractivity contribution in [2.75, 3.05) is 7.05 Å². The van der Waals surface area contributed by atoms with Gasteiger partial charge in [0.25, 0.3) is 5.91 Å². The summed E-state index contributed by atoms with van der Waals surface area (Å²) in [7, 11) is 1.54. The number of aliphatic imine (C=N–C) groups is 1. The number of amides is 2. The van der Waals surface area contributed by atoms with Crippen LogP contribution in [0.25, 0.3) is 10.8 Å². The van der Waals surface area contributed by atoms with E-state index in [1.807, 2.05) is 42.5 Å². The monoisotopic (exact) mass is 369 g/mol. The summed E-state index contributed by atoms with van der Waals surface area (Å²) in [6.07, 6.45) is -0.262. The van der Waals surface area contributed by atoms with Crippen LogP contribution in [-0.4, -0.2) is 41.4 Å². The van der Waals surface area contributed by atoms with Crippen LogP contribution < -0.4 is 5.73 Å². The summed E-state index contributed by atoms with van der Waals surface area (Å²) < 4.78 is 5.40. The Balaban J connectivity index is 2.32. The number of hydrogen-bond acceptors (Lipinski definition) is 3. The maximum atomic E-state index is 12.6. The van der Waals surface area contributed by atoms with E-state index in [0.29, 0.717) is 6.42 Å². The molecule has 0 bridgehead atoms. The largest absolute Gasteiger partial charge is 0.444 e. The Hall–Kier alpha value is -2.89. The first-order valence-corrected chi connectivity index (χ1v) is 8.85. The van der Waals surface area contributed by atoms with Crippen LogP contribution in [0.15, 0.2) is 47.5 Å². The molecule has 2 amide bonds. The molecule has 0 aliphatic rings. The third-order valence-electron chi connectivity index (χ3n) is 3.96. The van der Waals surface area contributed by atoms with E-state index in [0.717, 1.165) is 16.3 Å². The summed E-state index contributed by atoms with van der Waals surface area (Å²) in [6, 6.07) is 13.1. The summed E-state index contributed by atoms with van der Waals surface area (Å²) in [4.78, 5) is 30.2. The van der Waals surface area contributed by atoms with Gasteiger partial charge in [0, 0.05) is 13.5 Å². The molecule has 2 aromatic rings. The van der Waals surface area contributed by atoms with Crippen LogP contribution >= 0.6 is 0 Å². The predicted octanol–water partition coefficient (Wildman–Crippen LogP) is 3.52. The number of amidine groups is 1. The Morgan fingerprint density at radius 3 is 2.37 bits per heavy atom. The Morgan fingerprint density at radius 1 is 1.15 bits per heavy atom. The Morgan fingerprint density at radius 2 is 1.78 bits per heavy atom. The summed E-state index contributed by atoms with van der Waals surface area (Å²) in [6.45, 7) is 6.88. The molecular formula is C21H27N3O3. The second-order valence-electron chi connectivity index (χ2n) is 7.58. The van der Waals surface area contributed by atoms with Gasteiger partial charge < -0.3 is 10.5 Å². The van der Waals surface area contributed by atoms with Crippen molar-refractivity contribution in [3.05, 3.63) is 48.0 Å². The van der Waals surface area contributed by atoms with Crippen LogP contribution in [0.4, 0.5) is 4.79 Å². The molecule has 0 fully saturated rings. The number of carbonyl (C=O) groups is 2. The van der Waals surface area contributed by atoms with E-state index in [-0.39, 0.29) is 5.84 Å².